The van der Waals surface area contributed by atoms with Gasteiger partial charge < -0.3 is 24.1 Å². The number of rotatable bonds is 6. The first-order chi connectivity index (χ1) is 14.3. The molecule has 1 fully saturated rings. The summed E-state index contributed by atoms with van der Waals surface area (Å²) >= 11 is 0. The second-order valence-electron chi connectivity index (χ2n) is 6.59. The first-order valence-electron chi connectivity index (χ1n) is 9.39. The highest BCUT2D eigenvalue weighted by Gasteiger charge is 2.30. The largest absolute Gasteiger partial charge is 0.496 e. The van der Waals surface area contributed by atoms with E-state index >= 15 is 0 Å². The van der Waals surface area contributed by atoms with Crippen molar-refractivity contribution in [1.82, 2.24) is 20.2 Å². The zero-order valence-electron chi connectivity index (χ0n) is 16.1. The Hall–Kier alpha value is -3.39. The minimum Gasteiger partial charge on any atom is -0.496 e. The summed E-state index contributed by atoms with van der Waals surface area (Å²) in [5.74, 6) is 1.48. The summed E-state index contributed by atoms with van der Waals surface area (Å²) in [4.78, 5) is 23.3. The number of benzene rings is 1. The zero-order chi connectivity index (χ0) is 20.1. The molecule has 0 bridgehead atoms. The maximum atomic E-state index is 13.1. The van der Waals surface area contributed by atoms with Crippen LogP contribution in [0.3, 0.4) is 0 Å². The zero-order valence-corrected chi connectivity index (χ0v) is 16.1. The van der Waals surface area contributed by atoms with Gasteiger partial charge in [-0.05, 0) is 24.3 Å². The van der Waals surface area contributed by atoms with Crippen LogP contribution in [0.2, 0.25) is 0 Å². The number of nitrogens with one attached hydrogen (secondary N) is 1. The average molecular weight is 394 g/mol. The standard InChI is InChI=1S/C21H22N4O4/c1-27-19-7-3-2-6-17(19)20-24-18(14-29-20)21(26)25-10-9-23-11-15(25)13-28-16-5-4-8-22-12-16/h2-8,12,14-15,23H,9-11,13H2,1H3. The molecule has 1 saturated heterocycles. The second-order valence-corrected chi connectivity index (χ2v) is 6.59. The molecule has 150 valence electrons. The molecule has 29 heavy (non-hydrogen) atoms. The number of oxazole rings is 1. The van der Waals surface area contributed by atoms with Crippen LogP contribution in [-0.2, 0) is 0 Å². The van der Waals surface area contributed by atoms with Crippen molar-refractivity contribution in [3.8, 4) is 23.0 Å². The Balaban J connectivity index is 1.49. The highest BCUT2D eigenvalue weighted by atomic mass is 16.5. The van der Waals surface area contributed by atoms with Crippen LogP contribution in [-0.4, -0.2) is 60.2 Å². The van der Waals surface area contributed by atoms with E-state index in [9.17, 15) is 4.79 Å². The Morgan fingerprint density at radius 2 is 2.21 bits per heavy atom. The van der Waals surface area contributed by atoms with Gasteiger partial charge in [0.1, 0.15) is 24.4 Å². The lowest BCUT2D eigenvalue weighted by Gasteiger charge is -2.35. The van der Waals surface area contributed by atoms with Crippen LogP contribution < -0.4 is 14.8 Å². The third kappa shape index (κ3) is 4.22. The third-order valence-corrected chi connectivity index (χ3v) is 4.75. The van der Waals surface area contributed by atoms with E-state index in [1.54, 1.807) is 24.4 Å². The monoisotopic (exact) mass is 394 g/mol. The van der Waals surface area contributed by atoms with Crippen LogP contribution in [0, 0.1) is 0 Å². The molecule has 0 spiro atoms. The molecule has 1 unspecified atom stereocenters. The van der Waals surface area contributed by atoms with Crippen LogP contribution in [0.1, 0.15) is 10.5 Å². The Morgan fingerprint density at radius 1 is 1.31 bits per heavy atom. The number of hydrogen-bond donors (Lipinski definition) is 1. The molecule has 1 aliphatic rings. The van der Waals surface area contributed by atoms with E-state index in [4.69, 9.17) is 13.9 Å². The van der Waals surface area contributed by atoms with Gasteiger partial charge in [-0.2, -0.15) is 0 Å². The van der Waals surface area contributed by atoms with E-state index in [1.165, 1.54) is 6.26 Å². The van der Waals surface area contributed by atoms with Crippen LogP contribution in [0.5, 0.6) is 11.5 Å². The number of aromatic nitrogens is 2. The Morgan fingerprint density at radius 3 is 3.03 bits per heavy atom. The molecule has 8 nitrogen and oxygen atoms in total. The van der Waals surface area contributed by atoms with Gasteiger partial charge in [-0.1, -0.05) is 12.1 Å². The van der Waals surface area contributed by atoms with E-state index in [-0.39, 0.29) is 17.6 Å². The summed E-state index contributed by atoms with van der Waals surface area (Å²) in [5, 5.41) is 3.30. The molecule has 3 heterocycles. The van der Waals surface area contributed by atoms with Crippen molar-refractivity contribution >= 4 is 5.91 Å². The quantitative estimate of drug-likeness (QED) is 0.686. The van der Waals surface area contributed by atoms with Gasteiger partial charge in [-0.3, -0.25) is 9.78 Å². The average Bonchev–Trinajstić information content (AvgIpc) is 3.28. The molecule has 0 radical (unpaired) electrons. The normalized spacial score (nSPS) is 16.4. The van der Waals surface area contributed by atoms with Crippen molar-refractivity contribution in [2.45, 2.75) is 6.04 Å². The van der Waals surface area contributed by atoms with Gasteiger partial charge in [0.25, 0.3) is 5.91 Å². The van der Waals surface area contributed by atoms with Gasteiger partial charge in [-0.15, -0.1) is 0 Å². The molecule has 1 atom stereocenters. The Labute approximate surface area is 168 Å². The first kappa shape index (κ1) is 18.9. The Kier molecular flexibility index (Phi) is 5.71. The van der Waals surface area contributed by atoms with Crippen molar-refractivity contribution in [3.63, 3.8) is 0 Å². The van der Waals surface area contributed by atoms with Crippen LogP contribution in [0.25, 0.3) is 11.5 Å². The van der Waals surface area contributed by atoms with E-state index in [1.807, 2.05) is 36.4 Å². The van der Waals surface area contributed by atoms with Gasteiger partial charge in [0.15, 0.2) is 5.69 Å². The van der Waals surface area contributed by atoms with Gasteiger partial charge in [0.2, 0.25) is 5.89 Å². The fourth-order valence-corrected chi connectivity index (χ4v) is 3.27. The van der Waals surface area contributed by atoms with Gasteiger partial charge >= 0.3 is 0 Å². The molecule has 1 aliphatic heterocycles. The summed E-state index contributed by atoms with van der Waals surface area (Å²) < 4.78 is 16.7. The number of ether oxygens (including phenoxy) is 2. The third-order valence-electron chi connectivity index (χ3n) is 4.75. The van der Waals surface area contributed by atoms with E-state index in [2.05, 4.69) is 15.3 Å². The lowest BCUT2D eigenvalue weighted by atomic mass is 10.2. The molecule has 1 amide bonds. The highest BCUT2D eigenvalue weighted by molar-refractivity contribution is 5.93. The molecule has 8 heteroatoms. The molecule has 0 saturated carbocycles. The van der Waals surface area contributed by atoms with E-state index in [0.717, 1.165) is 0 Å². The second kappa shape index (κ2) is 8.74. The molecule has 1 aromatic carbocycles. The number of carbonyl (C=O) groups is 1. The highest BCUT2D eigenvalue weighted by Crippen LogP contribution is 2.29. The molecule has 4 rings (SSSR count). The maximum absolute atomic E-state index is 13.1. The lowest BCUT2D eigenvalue weighted by Crippen LogP contribution is -2.56. The number of piperazine rings is 1. The number of amides is 1. The van der Waals surface area contributed by atoms with Gasteiger partial charge in [0.05, 0.1) is 24.9 Å². The first-order valence-corrected chi connectivity index (χ1v) is 9.39. The molecular weight excluding hydrogens is 372 g/mol. The lowest BCUT2D eigenvalue weighted by molar-refractivity contribution is 0.0553. The minimum atomic E-state index is -0.184. The van der Waals surface area contributed by atoms with E-state index in [0.29, 0.717) is 49.2 Å². The molecule has 2 aromatic heterocycles. The molecule has 3 aromatic rings. The number of para-hydroxylation sites is 1. The van der Waals surface area contributed by atoms with Crippen LogP contribution in [0.15, 0.2) is 59.5 Å². The van der Waals surface area contributed by atoms with Crippen molar-refractivity contribution in [2.75, 3.05) is 33.4 Å². The van der Waals surface area contributed by atoms with Gasteiger partial charge in [-0.25, -0.2) is 4.98 Å². The molecular formula is C21H22N4O4. The number of carbonyl (C=O) groups excluding carboxylic acids is 1. The van der Waals surface area contributed by atoms with Gasteiger partial charge in [0, 0.05) is 25.8 Å². The fourth-order valence-electron chi connectivity index (χ4n) is 3.27. The van der Waals surface area contributed by atoms with Crippen LogP contribution >= 0.6 is 0 Å². The summed E-state index contributed by atoms with van der Waals surface area (Å²) in [5.41, 5.74) is 0.963. The Bertz CT molecular complexity index is 960. The fraction of sp³-hybridized carbons (Fsp3) is 0.286. The number of methoxy groups -OCH3 is 1. The predicted molar refractivity (Wildman–Crippen MR) is 106 cm³/mol. The smallest absolute Gasteiger partial charge is 0.276 e. The summed E-state index contributed by atoms with van der Waals surface area (Å²) in [6.07, 6.45) is 4.74. The topological polar surface area (TPSA) is 89.7 Å². The summed E-state index contributed by atoms with van der Waals surface area (Å²) in [6, 6.07) is 10.9. The van der Waals surface area contributed by atoms with Crippen LogP contribution in [0.4, 0.5) is 0 Å². The summed E-state index contributed by atoms with van der Waals surface area (Å²) in [7, 11) is 1.58. The SMILES string of the molecule is COc1ccccc1-c1nc(C(=O)N2CCNCC2COc2cccnc2)co1. The minimum absolute atomic E-state index is 0.122. The molecule has 0 aliphatic carbocycles. The van der Waals surface area contributed by atoms with E-state index < -0.39 is 0 Å². The number of nitrogens with zero attached hydrogens (tertiary/aromatic N) is 3. The number of hydrogen-bond acceptors (Lipinski definition) is 7. The predicted octanol–water partition coefficient (Wildman–Crippen LogP) is 2.24. The van der Waals surface area contributed by atoms with Crippen molar-refractivity contribution in [1.29, 1.82) is 0 Å². The molecule has 1 N–H and O–H groups in total. The van der Waals surface area contributed by atoms with Crippen molar-refractivity contribution in [2.24, 2.45) is 0 Å². The summed E-state index contributed by atoms with van der Waals surface area (Å²) in [6.45, 7) is 2.29. The van der Waals surface area contributed by atoms with Crippen molar-refractivity contribution in [3.05, 3.63) is 60.7 Å². The van der Waals surface area contributed by atoms with Crippen molar-refractivity contribution < 1.29 is 18.7 Å². The maximum Gasteiger partial charge on any atom is 0.276 e. The number of pyridine rings is 1.